The number of anilines is 1. The number of benzene rings is 2. The van der Waals surface area contributed by atoms with Crippen molar-refractivity contribution in [3.05, 3.63) is 87.7 Å². The third-order valence-corrected chi connectivity index (χ3v) is 5.23. The van der Waals surface area contributed by atoms with Crippen molar-refractivity contribution in [3.8, 4) is 21.8 Å². The maximum atomic E-state index is 12.0. The predicted molar refractivity (Wildman–Crippen MR) is 111 cm³/mol. The molecule has 4 rings (SSSR count). The molecule has 0 atom stereocenters. The summed E-state index contributed by atoms with van der Waals surface area (Å²) < 4.78 is 5.07. The zero-order valence-corrected chi connectivity index (χ0v) is 16.1. The standard InChI is InChI=1S/C21H15N3O4S/c1-13-4-5-15(11-18(13)24(26)27)17-12-29-21(23-17)14-6-8-16(9-7-14)22-20(25)19-3-2-10-28-19/h2-12H,1H3,(H,22,25). The summed E-state index contributed by atoms with van der Waals surface area (Å²) in [6, 6.07) is 15.6. The second-order valence-electron chi connectivity index (χ2n) is 6.31. The fourth-order valence-electron chi connectivity index (χ4n) is 2.80. The van der Waals surface area contributed by atoms with E-state index in [-0.39, 0.29) is 22.3 Å². The second kappa shape index (κ2) is 7.69. The number of hydrogen-bond donors (Lipinski definition) is 1. The van der Waals surface area contributed by atoms with Crippen molar-refractivity contribution in [1.82, 2.24) is 4.98 Å². The molecule has 0 radical (unpaired) electrons. The van der Waals surface area contributed by atoms with E-state index in [2.05, 4.69) is 10.3 Å². The Bertz CT molecular complexity index is 1180. The van der Waals surface area contributed by atoms with Gasteiger partial charge in [0.1, 0.15) is 5.01 Å². The van der Waals surface area contributed by atoms with Crippen LogP contribution in [-0.4, -0.2) is 15.8 Å². The van der Waals surface area contributed by atoms with Gasteiger partial charge in [0.25, 0.3) is 11.6 Å². The van der Waals surface area contributed by atoms with E-state index < -0.39 is 0 Å². The monoisotopic (exact) mass is 405 g/mol. The summed E-state index contributed by atoms with van der Waals surface area (Å²) in [6.07, 6.45) is 1.45. The van der Waals surface area contributed by atoms with Crippen molar-refractivity contribution in [3.63, 3.8) is 0 Å². The topological polar surface area (TPSA) is 98.3 Å². The van der Waals surface area contributed by atoms with Gasteiger partial charge in [-0.15, -0.1) is 11.3 Å². The zero-order valence-electron chi connectivity index (χ0n) is 15.3. The molecule has 0 aliphatic carbocycles. The molecule has 2 aromatic heterocycles. The van der Waals surface area contributed by atoms with Crippen LogP contribution in [0.15, 0.2) is 70.7 Å². The number of aromatic nitrogens is 1. The van der Waals surface area contributed by atoms with Gasteiger partial charge in [0.2, 0.25) is 0 Å². The molecule has 7 nitrogen and oxygen atoms in total. The lowest BCUT2D eigenvalue weighted by Gasteiger charge is -2.04. The Balaban J connectivity index is 1.53. The lowest BCUT2D eigenvalue weighted by atomic mass is 10.1. The molecule has 8 heteroatoms. The summed E-state index contributed by atoms with van der Waals surface area (Å²) in [5.74, 6) is -0.0777. The Morgan fingerprint density at radius 3 is 2.59 bits per heavy atom. The fourth-order valence-corrected chi connectivity index (χ4v) is 3.64. The molecule has 2 aromatic carbocycles. The Morgan fingerprint density at radius 2 is 1.90 bits per heavy atom. The van der Waals surface area contributed by atoms with Gasteiger partial charge in [0, 0.05) is 33.8 Å². The number of aryl methyl sites for hydroxylation is 1. The van der Waals surface area contributed by atoms with Crippen LogP contribution in [0.2, 0.25) is 0 Å². The number of nitro benzene ring substituents is 1. The lowest BCUT2D eigenvalue weighted by Crippen LogP contribution is -2.10. The number of rotatable bonds is 5. The van der Waals surface area contributed by atoms with Gasteiger partial charge in [0.05, 0.1) is 16.9 Å². The number of nitrogens with one attached hydrogen (secondary N) is 1. The smallest absolute Gasteiger partial charge is 0.291 e. The van der Waals surface area contributed by atoms with Gasteiger partial charge >= 0.3 is 0 Å². The van der Waals surface area contributed by atoms with Crippen molar-refractivity contribution in [1.29, 1.82) is 0 Å². The molecule has 0 saturated carbocycles. The van der Waals surface area contributed by atoms with Crippen LogP contribution in [0.1, 0.15) is 16.1 Å². The summed E-state index contributed by atoms with van der Waals surface area (Å²) in [5, 5.41) is 16.6. The first-order valence-corrected chi connectivity index (χ1v) is 9.55. The average Bonchev–Trinajstić information content (AvgIpc) is 3.41. The molecule has 4 aromatic rings. The van der Waals surface area contributed by atoms with Crippen LogP contribution in [0, 0.1) is 17.0 Å². The summed E-state index contributed by atoms with van der Waals surface area (Å²) >= 11 is 1.45. The van der Waals surface area contributed by atoms with Crippen molar-refractivity contribution >= 4 is 28.6 Å². The van der Waals surface area contributed by atoms with Gasteiger partial charge in [-0.05, 0) is 43.3 Å². The highest BCUT2D eigenvalue weighted by Crippen LogP contribution is 2.32. The SMILES string of the molecule is Cc1ccc(-c2csc(-c3ccc(NC(=O)c4ccco4)cc3)n2)cc1[N+](=O)[O-]. The van der Waals surface area contributed by atoms with Crippen LogP contribution >= 0.6 is 11.3 Å². The number of amides is 1. The highest BCUT2D eigenvalue weighted by Gasteiger charge is 2.14. The second-order valence-corrected chi connectivity index (χ2v) is 7.16. The van der Waals surface area contributed by atoms with E-state index >= 15 is 0 Å². The Hall–Kier alpha value is -3.78. The van der Waals surface area contributed by atoms with E-state index in [9.17, 15) is 14.9 Å². The maximum Gasteiger partial charge on any atom is 0.291 e. The molecule has 0 spiro atoms. The summed E-state index contributed by atoms with van der Waals surface area (Å²) in [5.41, 5.74) is 3.60. The quantitative estimate of drug-likeness (QED) is 0.347. The van der Waals surface area contributed by atoms with Gasteiger partial charge < -0.3 is 9.73 Å². The van der Waals surface area contributed by atoms with Crippen LogP contribution in [0.25, 0.3) is 21.8 Å². The first-order valence-electron chi connectivity index (χ1n) is 8.67. The molecule has 0 aliphatic rings. The van der Waals surface area contributed by atoms with Gasteiger partial charge in [-0.1, -0.05) is 12.1 Å². The molecule has 2 heterocycles. The molecule has 0 saturated heterocycles. The van der Waals surface area contributed by atoms with Gasteiger partial charge in [-0.25, -0.2) is 4.98 Å². The van der Waals surface area contributed by atoms with E-state index in [1.165, 1.54) is 17.6 Å². The number of nitrogens with zero attached hydrogens (tertiary/aromatic N) is 2. The van der Waals surface area contributed by atoms with Crippen LogP contribution in [0.4, 0.5) is 11.4 Å². The molecule has 0 bridgehead atoms. The third kappa shape index (κ3) is 3.92. The Kier molecular flexibility index (Phi) is 4.92. The third-order valence-electron chi connectivity index (χ3n) is 4.34. The summed E-state index contributed by atoms with van der Waals surface area (Å²) in [6.45, 7) is 1.71. The van der Waals surface area contributed by atoms with Crippen molar-refractivity contribution < 1.29 is 14.1 Å². The molecular weight excluding hydrogens is 390 g/mol. The predicted octanol–water partition coefficient (Wildman–Crippen LogP) is 5.54. The number of carbonyl (C=O) groups excluding carboxylic acids is 1. The Labute approximate surface area is 169 Å². The highest BCUT2D eigenvalue weighted by atomic mass is 32.1. The molecule has 0 fully saturated rings. The average molecular weight is 405 g/mol. The Morgan fingerprint density at radius 1 is 1.14 bits per heavy atom. The van der Waals surface area contributed by atoms with Crippen LogP contribution in [0.5, 0.6) is 0 Å². The molecule has 29 heavy (non-hydrogen) atoms. The van der Waals surface area contributed by atoms with Crippen molar-refractivity contribution in [2.24, 2.45) is 0 Å². The van der Waals surface area contributed by atoms with E-state index in [1.807, 2.05) is 23.6 Å². The number of hydrogen-bond acceptors (Lipinski definition) is 6. The first kappa shape index (κ1) is 18.6. The molecule has 144 valence electrons. The normalized spacial score (nSPS) is 10.7. The van der Waals surface area contributed by atoms with Gasteiger partial charge in [-0.2, -0.15) is 0 Å². The lowest BCUT2D eigenvalue weighted by molar-refractivity contribution is -0.385. The number of carbonyl (C=O) groups is 1. The van der Waals surface area contributed by atoms with E-state index in [0.29, 0.717) is 22.5 Å². The fraction of sp³-hybridized carbons (Fsp3) is 0.0476. The van der Waals surface area contributed by atoms with Crippen molar-refractivity contribution in [2.75, 3.05) is 5.32 Å². The van der Waals surface area contributed by atoms with Gasteiger partial charge in [0.15, 0.2) is 5.76 Å². The summed E-state index contributed by atoms with van der Waals surface area (Å²) in [7, 11) is 0. The first-order chi connectivity index (χ1) is 14.0. The summed E-state index contributed by atoms with van der Waals surface area (Å²) in [4.78, 5) is 27.4. The van der Waals surface area contributed by atoms with Crippen LogP contribution < -0.4 is 5.32 Å². The number of nitro groups is 1. The highest BCUT2D eigenvalue weighted by molar-refractivity contribution is 7.13. The van der Waals surface area contributed by atoms with Gasteiger partial charge in [-0.3, -0.25) is 14.9 Å². The molecule has 0 unspecified atom stereocenters. The van der Waals surface area contributed by atoms with E-state index in [0.717, 1.165) is 10.6 Å². The molecule has 0 aliphatic heterocycles. The minimum atomic E-state index is -0.387. The number of furan rings is 1. The zero-order chi connectivity index (χ0) is 20.4. The molecular formula is C21H15N3O4S. The molecule has 1 N–H and O–H groups in total. The van der Waals surface area contributed by atoms with Crippen LogP contribution in [0.3, 0.4) is 0 Å². The van der Waals surface area contributed by atoms with E-state index in [4.69, 9.17) is 4.42 Å². The van der Waals surface area contributed by atoms with E-state index in [1.54, 1.807) is 43.3 Å². The van der Waals surface area contributed by atoms with Crippen LogP contribution in [-0.2, 0) is 0 Å². The minimum Gasteiger partial charge on any atom is -0.459 e. The largest absolute Gasteiger partial charge is 0.459 e. The number of thiazole rings is 1. The molecule has 1 amide bonds. The minimum absolute atomic E-state index is 0.0775. The maximum absolute atomic E-state index is 12.0. The van der Waals surface area contributed by atoms with Crippen molar-refractivity contribution in [2.45, 2.75) is 6.92 Å².